The smallest absolute Gasteiger partial charge is 0.222 e. The third kappa shape index (κ3) is 5.83. The number of nitrogens with zero attached hydrogens (tertiary/aromatic N) is 3. The number of hydrogen-bond acceptors (Lipinski definition) is 3. The van der Waals surface area contributed by atoms with Crippen LogP contribution in [0, 0.1) is 11.8 Å². The molecule has 2 aliphatic rings. The van der Waals surface area contributed by atoms with Gasteiger partial charge in [-0.05, 0) is 81.1 Å². The average Bonchev–Trinajstić information content (AvgIpc) is 3.27. The fraction of sp³-hybridized carbons (Fsp3) is 0.500. The van der Waals surface area contributed by atoms with Crippen molar-refractivity contribution >= 4 is 16.9 Å². The van der Waals surface area contributed by atoms with E-state index in [0.717, 1.165) is 81.7 Å². The summed E-state index contributed by atoms with van der Waals surface area (Å²) in [5.74, 6) is 2.82. The van der Waals surface area contributed by atoms with Crippen molar-refractivity contribution in [1.82, 2.24) is 19.8 Å². The highest BCUT2D eigenvalue weighted by Crippen LogP contribution is 2.26. The summed E-state index contributed by atoms with van der Waals surface area (Å²) in [7, 11) is 0. The number of aromatic amines is 1. The number of hydrogen-bond donors (Lipinski definition) is 1. The minimum absolute atomic E-state index is 0.373. The van der Waals surface area contributed by atoms with Gasteiger partial charge in [-0.3, -0.25) is 9.69 Å². The zero-order valence-corrected chi connectivity index (χ0v) is 19.6. The van der Waals surface area contributed by atoms with Crippen molar-refractivity contribution in [2.24, 2.45) is 11.8 Å². The first kappa shape index (κ1) is 22.1. The number of fused-ring (bicyclic) bond motifs is 1. The lowest BCUT2D eigenvalue weighted by atomic mass is 9.89. The van der Waals surface area contributed by atoms with Gasteiger partial charge in [-0.25, -0.2) is 4.98 Å². The fourth-order valence-electron chi connectivity index (χ4n) is 5.55. The van der Waals surface area contributed by atoms with E-state index >= 15 is 0 Å². The summed E-state index contributed by atoms with van der Waals surface area (Å²) in [5, 5.41) is 0. The molecule has 2 aromatic carbocycles. The molecule has 3 heterocycles. The topological polar surface area (TPSA) is 52.2 Å². The number of aromatic nitrogens is 2. The second-order valence-corrected chi connectivity index (χ2v) is 9.97. The molecule has 1 aromatic heterocycles. The van der Waals surface area contributed by atoms with E-state index in [1.807, 2.05) is 12.1 Å². The number of para-hydroxylation sites is 2. The highest BCUT2D eigenvalue weighted by Gasteiger charge is 2.25. The predicted molar refractivity (Wildman–Crippen MR) is 133 cm³/mol. The number of nitrogens with one attached hydrogen (secondary N) is 1. The number of carbonyl (C=O) groups excluding carboxylic acids is 1. The molecular weight excluding hydrogens is 408 g/mol. The zero-order chi connectivity index (χ0) is 22.5. The fourth-order valence-corrected chi connectivity index (χ4v) is 5.55. The molecule has 5 nitrogen and oxygen atoms in total. The Morgan fingerprint density at radius 1 is 0.879 bits per heavy atom. The van der Waals surface area contributed by atoms with Gasteiger partial charge in [-0.1, -0.05) is 42.5 Å². The summed E-state index contributed by atoms with van der Waals surface area (Å²) in [6, 6.07) is 19.0. The first-order valence-electron chi connectivity index (χ1n) is 12.7. The van der Waals surface area contributed by atoms with Gasteiger partial charge in [0.1, 0.15) is 5.82 Å². The summed E-state index contributed by atoms with van der Waals surface area (Å²) < 4.78 is 0. The Hall–Kier alpha value is -2.66. The van der Waals surface area contributed by atoms with E-state index in [1.54, 1.807) is 0 Å². The van der Waals surface area contributed by atoms with Crippen LogP contribution in [0.15, 0.2) is 54.6 Å². The number of carbonyl (C=O) groups is 1. The highest BCUT2D eigenvalue weighted by atomic mass is 16.2. The van der Waals surface area contributed by atoms with Crippen LogP contribution in [-0.4, -0.2) is 51.9 Å². The van der Waals surface area contributed by atoms with Gasteiger partial charge < -0.3 is 9.88 Å². The van der Waals surface area contributed by atoms with E-state index in [1.165, 1.54) is 18.4 Å². The van der Waals surface area contributed by atoms with Gasteiger partial charge in [-0.2, -0.15) is 0 Å². The summed E-state index contributed by atoms with van der Waals surface area (Å²) in [5.41, 5.74) is 3.59. The quantitative estimate of drug-likeness (QED) is 0.556. The van der Waals surface area contributed by atoms with Crippen LogP contribution < -0.4 is 0 Å². The molecule has 0 aliphatic carbocycles. The van der Waals surface area contributed by atoms with Gasteiger partial charge in [0.25, 0.3) is 0 Å². The summed E-state index contributed by atoms with van der Waals surface area (Å²) in [4.78, 5) is 25.6. The second-order valence-electron chi connectivity index (χ2n) is 9.97. The van der Waals surface area contributed by atoms with Crippen LogP contribution in [0.5, 0.6) is 0 Å². The number of imidazole rings is 1. The Balaban J connectivity index is 1.00. The van der Waals surface area contributed by atoms with Crippen LogP contribution in [0.1, 0.15) is 49.9 Å². The van der Waals surface area contributed by atoms with E-state index in [-0.39, 0.29) is 0 Å². The minimum atomic E-state index is 0.373. The monoisotopic (exact) mass is 444 g/mol. The number of likely N-dealkylation sites (tertiary alicyclic amines) is 2. The molecule has 3 aromatic rings. The van der Waals surface area contributed by atoms with Crippen molar-refractivity contribution in [2.45, 2.75) is 51.5 Å². The number of amides is 1. The summed E-state index contributed by atoms with van der Waals surface area (Å²) in [6.45, 7) is 4.96. The van der Waals surface area contributed by atoms with Gasteiger partial charge in [0.15, 0.2) is 0 Å². The SMILES string of the molecule is O=C(CCC1CCN(Cc2nc3ccccc3[nH]2)CC1)N1CCC(Cc2ccccc2)CC1. The normalized spacial score (nSPS) is 18.7. The Kier molecular flexibility index (Phi) is 7.06. The van der Waals surface area contributed by atoms with Crippen LogP contribution >= 0.6 is 0 Å². The standard InChI is InChI=1S/C28H36N4O/c33-28(32-18-14-24(15-19-32)20-23-6-2-1-3-7-23)11-10-22-12-16-31(17-13-22)21-27-29-25-8-4-5-9-26(25)30-27/h1-9,22,24H,10-21H2,(H,29,30). The van der Waals surface area contributed by atoms with Crippen molar-refractivity contribution in [3.05, 3.63) is 66.0 Å². The molecule has 33 heavy (non-hydrogen) atoms. The highest BCUT2D eigenvalue weighted by molar-refractivity contribution is 5.76. The maximum absolute atomic E-state index is 12.8. The molecule has 2 aliphatic heterocycles. The maximum Gasteiger partial charge on any atom is 0.222 e. The van der Waals surface area contributed by atoms with Crippen LogP contribution in [0.3, 0.4) is 0 Å². The van der Waals surface area contributed by atoms with Gasteiger partial charge >= 0.3 is 0 Å². The Labute approximate surface area is 197 Å². The molecule has 174 valence electrons. The van der Waals surface area contributed by atoms with E-state index in [0.29, 0.717) is 17.7 Å². The molecule has 2 saturated heterocycles. The van der Waals surface area contributed by atoms with Crippen molar-refractivity contribution < 1.29 is 4.79 Å². The number of benzene rings is 2. The number of H-pyrrole nitrogens is 1. The van der Waals surface area contributed by atoms with Crippen LogP contribution in [0.2, 0.25) is 0 Å². The first-order valence-corrected chi connectivity index (χ1v) is 12.7. The van der Waals surface area contributed by atoms with E-state index < -0.39 is 0 Å². The molecule has 0 bridgehead atoms. The van der Waals surface area contributed by atoms with Gasteiger partial charge in [0, 0.05) is 19.5 Å². The second kappa shape index (κ2) is 10.5. The minimum Gasteiger partial charge on any atom is -0.343 e. The van der Waals surface area contributed by atoms with E-state index in [4.69, 9.17) is 4.98 Å². The molecule has 2 fully saturated rings. The molecule has 5 rings (SSSR count). The Morgan fingerprint density at radius 2 is 1.58 bits per heavy atom. The zero-order valence-electron chi connectivity index (χ0n) is 19.6. The van der Waals surface area contributed by atoms with Crippen molar-refractivity contribution in [1.29, 1.82) is 0 Å². The van der Waals surface area contributed by atoms with Crippen molar-refractivity contribution in [2.75, 3.05) is 26.2 Å². The molecule has 1 amide bonds. The molecule has 0 radical (unpaired) electrons. The third-order valence-corrected chi connectivity index (χ3v) is 7.62. The van der Waals surface area contributed by atoms with Crippen LogP contribution in [0.4, 0.5) is 0 Å². The lowest BCUT2D eigenvalue weighted by molar-refractivity contribution is -0.133. The molecule has 5 heteroatoms. The Bertz CT molecular complexity index is 997. The molecule has 0 saturated carbocycles. The average molecular weight is 445 g/mol. The van der Waals surface area contributed by atoms with Crippen molar-refractivity contribution in [3.8, 4) is 0 Å². The first-order chi connectivity index (χ1) is 16.2. The Morgan fingerprint density at radius 3 is 2.33 bits per heavy atom. The van der Waals surface area contributed by atoms with Gasteiger partial charge in [-0.15, -0.1) is 0 Å². The molecule has 0 unspecified atom stereocenters. The van der Waals surface area contributed by atoms with Gasteiger partial charge in [0.05, 0.1) is 17.6 Å². The predicted octanol–water partition coefficient (Wildman–Crippen LogP) is 5.04. The maximum atomic E-state index is 12.8. The van der Waals surface area contributed by atoms with Gasteiger partial charge in [0.2, 0.25) is 5.91 Å². The van der Waals surface area contributed by atoms with E-state index in [9.17, 15) is 4.79 Å². The van der Waals surface area contributed by atoms with Crippen LogP contribution in [-0.2, 0) is 17.8 Å². The number of rotatable bonds is 7. The largest absolute Gasteiger partial charge is 0.343 e. The summed E-state index contributed by atoms with van der Waals surface area (Å²) in [6.07, 6.45) is 7.56. The number of piperidine rings is 2. The van der Waals surface area contributed by atoms with E-state index in [2.05, 4.69) is 57.2 Å². The summed E-state index contributed by atoms with van der Waals surface area (Å²) >= 11 is 0. The molecule has 0 spiro atoms. The molecular formula is C28H36N4O. The molecule has 1 N–H and O–H groups in total. The van der Waals surface area contributed by atoms with Crippen LogP contribution in [0.25, 0.3) is 11.0 Å². The molecule has 0 atom stereocenters. The van der Waals surface area contributed by atoms with Crippen molar-refractivity contribution in [3.63, 3.8) is 0 Å². The lowest BCUT2D eigenvalue weighted by Gasteiger charge is -2.34. The third-order valence-electron chi connectivity index (χ3n) is 7.62. The lowest BCUT2D eigenvalue weighted by Crippen LogP contribution is -2.39.